The second-order valence-electron chi connectivity index (χ2n) is 6.62. The molecule has 1 aromatic carbocycles. The van der Waals surface area contributed by atoms with E-state index in [4.69, 9.17) is 14.6 Å². The van der Waals surface area contributed by atoms with E-state index in [0.717, 1.165) is 31.7 Å². The zero-order valence-electron chi connectivity index (χ0n) is 16.1. The third-order valence-electron chi connectivity index (χ3n) is 4.45. The second kappa shape index (κ2) is 9.84. The monoisotopic (exact) mass is 417 g/mol. The summed E-state index contributed by atoms with van der Waals surface area (Å²) in [6, 6.07) is 6.75. The van der Waals surface area contributed by atoms with Gasteiger partial charge in [0.05, 0.1) is 12.8 Å². The summed E-state index contributed by atoms with van der Waals surface area (Å²) >= 11 is 0. The average molecular weight is 417 g/mol. The van der Waals surface area contributed by atoms with Crippen LogP contribution in [0.3, 0.4) is 0 Å². The van der Waals surface area contributed by atoms with Crippen LogP contribution in [0.25, 0.3) is 0 Å². The minimum atomic E-state index is -5.08. The van der Waals surface area contributed by atoms with Crippen molar-refractivity contribution >= 4 is 5.97 Å². The van der Waals surface area contributed by atoms with Gasteiger partial charge in [0, 0.05) is 50.5 Å². The Morgan fingerprint density at radius 2 is 1.93 bits per heavy atom. The molecule has 0 saturated carbocycles. The number of aromatic nitrogens is 2. The highest BCUT2D eigenvalue weighted by Crippen LogP contribution is 2.29. The number of rotatable bonds is 5. The summed E-state index contributed by atoms with van der Waals surface area (Å²) in [5, 5.41) is 11.6. The van der Waals surface area contributed by atoms with Crippen molar-refractivity contribution in [2.75, 3.05) is 20.3 Å². The molecule has 0 fully saturated rings. The number of hydrogen-bond donors (Lipinski definition) is 1. The number of benzene rings is 1. The van der Waals surface area contributed by atoms with Gasteiger partial charge in [0.25, 0.3) is 0 Å². The molecule has 0 bridgehead atoms. The molecule has 1 atom stereocenters. The number of carboxylic acid groups (broad SMARTS) is 1. The summed E-state index contributed by atoms with van der Waals surface area (Å²) in [7, 11) is 1.74. The Bertz CT molecular complexity index is 806. The number of carboxylic acids is 1. The lowest BCUT2D eigenvalue weighted by molar-refractivity contribution is -0.192. The van der Waals surface area contributed by atoms with Crippen LogP contribution in [0.2, 0.25) is 0 Å². The standard InChI is InChI=1S/C17H22FN3O.C2HF3O2/c1-3-21-17-14(8-19-21)10-20(11-15(17)12-22-2)9-13-4-6-16(18)7-5-13;3-2(4,5)1(6)7/h4-8,15H,3,9-12H2,1-2H3;(H,6,7). The Balaban J connectivity index is 0.000000370. The highest BCUT2D eigenvalue weighted by molar-refractivity contribution is 5.73. The number of methoxy groups -OCH3 is 1. The summed E-state index contributed by atoms with van der Waals surface area (Å²) in [4.78, 5) is 11.3. The molecule has 0 amide bonds. The lowest BCUT2D eigenvalue weighted by Gasteiger charge is -2.33. The van der Waals surface area contributed by atoms with Crippen LogP contribution in [-0.4, -0.2) is 52.2 Å². The topological polar surface area (TPSA) is 67.6 Å². The zero-order valence-corrected chi connectivity index (χ0v) is 16.1. The van der Waals surface area contributed by atoms with Crippen molar-refractivity contribution in [1.82, 2.24) is 14.7 Å². The van der Waals surface area contributed by atoms with Gasteiger partial charge in [0.1, 0.15) is 5.82 Å². The van der Waals surface area contributed by atoms with Gasteiger partial charge in [-0.05, 0) is 24.6 Å². The largest absolute Gasteiger partial charge is 0.490 e. The first kappa shape index (κ1) is 22.8. The molecule has 29 heavy (non-hydrogen) atoms. The molecule has 1 aliphatic rings. The van der Waals surface area contributed by atoms with Gasteiger partial charge < -0.3 is 9.84 Å². The highest BCUT2D eigenvalue weighted by atomic mass is 19.4. The molecule has 1 unspecified atom stereocenters. The Kier molecular flexibility index (Phi) is 7.74. The molecule has 0 saturated heterocycles. The van der Waals surface area contributed by atoms with Crippen molar-refractivity contribution in [3.8, 4) is 0 Å². The van der Waals surface area contributed by atoms with Crippen LogP contribution in [0.1, 0.15) is 29.7 Å². The van der Waals surface area contributed by atoms with E-state index in [1.165, 1.54) is 23.4 Å². The van der Waals surface area contributed by atoms with Crippen molar-refractivity contribution < 1.29 is 32.2 Å². The van der Waals surface area contributed by atoms with Crippen LogP contribution in [0.5, 0.6) is 0 Å². The molecule has 0 radical (unpaired) electrons. The maximum absolute atomic E-state index is 13.0. The number of halogens is 4. The second-order valence-corrected chi connectivity index (χ2v) is 6.62. The van der Waals surface area contributed by atoms with E-state index in [0.29, 0.717) is 12.5 Å². The molecule has 3 rings (SSSR count). The van der Waals surface area contributed by atoms with Gasteiger partial charge in [-0.2, -0.15) is 18.3 Å². The van der Waals surface area contributed by atoms with Crippen molar-refractivity contribution in [3.63, 3.8) is 0 Å². The molecule has 1 aliphatic heterocycles. The Morgan fingerprint density at radius 1 is 1.31 bits per heavy atom. The van der Waals surface area contributed by atoms with E-state index in [-0.39, 0.29) is 5.82 Å². The van der Waals surface area contributed by atoms with Crippen molar-refractivity contribution in [3.05, 3.63) is 53.1 Å². The highest BCUT2D eigenvalue weighted by Gasteiger charge is 2.38. The number of carbonyl (C=O) groups is 1. The summed E-state index contributed by atoms with van der Waals surface area (Å²) < 4.78 is 52.2. The molecule has 6 nitrogen and oxygen atoms in total. The van der Waals surface area contributed by atoms with Crippen LogP contribution in [0.15, 0.2) is 30.5 Å². The Morgan fingerprint density at radius 3 is 2.45 bits per heavy atom. The van der Waals surface area contributed by atoms with E-state index in [9.17, 15) is 17.6 Å². The number of nitrogens with zero attached hydrogens (tertiary/aromatic N) is 3. The molecule has 0 spiro atoms. The number of aliphatic carboxylic acids is 1. The van der Waals surface area contributed by atoms with Gasteiger partial charge >= 0.3 is 12.1 Å². The van der Waals surface area contributed by atoms with Gasteiger partial charge in [0.15, 0.2) is 0 Å². The molecule has 160 valence electrons. The molecule has 1 N–H and O–H groups in total. The minimum absolute atomic E-state index is 0.189. The smallest absolute Gasteiger partial charge is 0.475 e. The fourth-order valence-electron chi connectivity index (χ4n) is 3.29. The molecule has 2 heterocycles. The van der Waals surface area contributed by atoms with Gasteiger partial charge in [-0.15, -0.1) is 0 Å². The van der Waals surface area contributed by atoms with Crippen molar-refractivity contribution in [2.45, 2.75) is 38.7 Å². The van der Waals surface area contributed by atoms with Crippen LogP contribution < -0.4 is 0 Å². The van der Waals surface area contributed by atoms with Crippen molar-refractivity contribution in [2.24, 2.45) is 0 Å². The van der Waals surface area contributed by atoms with Crippen LogP contribution in [0.4, 0.5) is 17.6 Å². The Labute approximate surface area is 165 Å². The summed E-state index contributed by atoms with van der Waals surface area (Å²) in [5.74, 6) is -2.62. The Hall–Kier alpha value is -2.46. The van der Waals surface area contributed by atoms with Gasteiger partial charge in [-0.25, -0.2) is 9.18 Å². The first-order valence-corrected chi connectivity index (χ1v) is 8.96. The maximum Gasteiger partial charge on any atom is 0.490 e. The van der Waals surface area contributed by atoms with Gasteiger partial charge in [-0.1, -0.05) is 12.1 Å². The van der Waals surface area contributed by atoms with E-state index in [1.807, 2.05) is 18.3 Å². The summed E-state index contributed by atoms with van der Waals surface area (Å²) in [6.45, 7) is 6.32. The lowest BCUT2D eigenvalue weighted by Crippen LogP contribution is -2.35. The molecule has 0 aliphatic carbocycles. The predicted octanol–water partition coefficient (Wildman–Crippen LogP) is 3.42. The minimum Gasteiger partial charge on any atom is -0.475 e. The molecular weight excluding hydrogens is 394 g/mol. The summed E-state index contributed by atoms with van der Waals surface area (Å²) in [6.07, 6.45) is -3.11. The fourth-order valence-corrected chi connectivity index (χ4v) is 3.29. The fraction of sp³-hybridized carbons (Fsp3) is 0.474. The predicted molar refractivity (Wildman–Crippen MR) is 96.7 cm³/mol. The number of ether oxygens (including phenoxy) is 1. The summed E-state index contributed by atoms with van der Waals surface area (Å²) in [5.41, 5.74) is 3.71. The van der Waals surface area contributed by atoms with Crippen LogP contribution in [0, 0.1) is 5.82 Å². The quantitative estimate of drug-likeness (QED) is 0.756. The molecule has 2 aromatic rings. The number of fused-ring (bicyclic) bond motifs is 1. The van der Waals surface area contributed by atoms with Gasteiger partial charge in [0.2, 0.25) is 0 Å². The van der Waals surface area contributed by atoms with E-state index < -0.39 is 12.1 Å². The van der Waals surface area contributed by atoms with Gasteiger partial charge in [-0.3, -0.25) is 9.58 Å². The van der Waals surface area contributed by atoms with E-state index >= 15 is 0 Å². The molecule has 10 heteroatoms. The average Bonchev–Trinajstić information content (AvgIpc) is 3.07. The van der Waals surface area contributed by atoms with E-state index in [1.54, 1.807) is 7.11 Å². The lowest BCUT2D eigenvalue weighted by atomic mass is 9.96. The third kappa shape index (κ3) is 6.26. The number of alkyl halides is 3. The first-order valence-electron chi connectivity index (χ1n) is 8.96. The van der Waals surface area contributed by atoms with Crippen LogP contribution >= 0.6 is 0 Å². The third-order valence-corrected chi connectivity index (χ3v) is 4.45. The van der Waals surface area contributed by atoms with Crippen molar-refractivity contribution in [1.29, 1.82) is 0 Å². The molecular formula is C19H23F4N3O3. The van der Waals surface area contributed by atoms with E-state index in [2.05, 4.69) is 21.6 Å². The zero-order chi connectivity index (χ0) is 21.6. The molecule has 1 aromatic heterocycles. The van der Waals surface area contributed by atoms with Crippen LogP contribution in [-0.2, 0) is 29.2 Å². The first-order chi connectivity index (χ1) is 13.7. The SMILES string of the molecule is CCn1ncc2c1C(COC)CN(Cc1ccc(F)cc1)C2.O=C(O)C(F)(F)F. The normalized spacial score (nSPS) is 16.7. The number of hydrogen-bond acceptors (Lipinski definition) is 4. The number of aryl methyl sites for hydroxylation is 1. The maximum atomic E-state index is 13.0.